The van der Waals surface area contributed by atoms with Gasteiger partial charge in [0.1, 0.15) is 24.0 Å². The zero-order valence-electron chi connectivity index (χ0n) is 15.6. The number of aromatic nitrogens is 5. The van der Waals surface area contributed by atoms with Gasteiger partial charge in [0.15, 0.2) is 5.76 Å². The molecule has 0 saturated carbocycles. The number of H-pyrrole nitrogens is 1. The van der Waals surface area contributed by atoms with Gasteiger partial charge in [-0.15, -0.1) is 5.10 Å². The van der Waals surface area contributed by atoms with Crippen LogP contribution in [0.25, 0.3) is 22.5 Å². The molecule has 1 fully saturated rings. The number of anilines is 1. The molecule has 3 aromatic heterocycles. The molecule has 29 heavy (non-hydrogen) atoms. The average molecular weight is 389 g/mol. The van der Waals surface area contributed by atoms with Gasteiger partial charge in [-0.3, -0.25) is 9.89 Å². The van der Waals surface area contributed by atoms with E-state index >= 15 is 0 Å². The van der Waals surface area contributed by atoms with Gasteiger partial charge in [0.2, 0.25) is 11.7 Å². The monoisotopic (exact) mass is 389 g/mol. The fraction of sp³-hybridized carbons (Fsp3) is 0.250. The van der Waals surface area contributed by atoms with E-state index in [0.717, 1.165) is 36.1 Å². The number of para-hydroxylation sites is 1. The summed E-state index contributed by atoms with van der Waals surface area (Å²) in [6.07, 6.45) is 4.83. The number of carbonyl (C=O) groups excluding carboxylic acids is 1. The Labute approximate surface area is 166 Å². The van der Waals surface area contributed by atoms with Crippen LogP contribution in [0.3, 0.4) is 0 Å². The van der Waals surface area contributed by atoms with E-state index in [2.05, 4.69) is 35.4 Å². The van der Waals surface area contributed by atoms with E-state index in [1.54, 1.807) is 24.7 Å². The number of fused-ring (bicyclic) bond motifs is 1. The fourth-order valence-corrected chi connectivity index (χ4v) is 3.69. The van der Waals surface area contributed by atoms with Crippen LogP contribution in [0.1, 0.15) is 18.7 Å². The van der Waals surface area contributed by atoms with Gasteiger partial charge in [-0.1, -0.05) is 12.1 Å². The van der Waals surface area contributed by atoms with Crippen LogP contribution in [-0.2, 0) is 11.3 Å². The van der Waals surface area contributed by atoms with Gasteiger partial charge in [0.25, 0.3) is 0 Å². The number of amides is 1. The molecular formula is C20H19N7O2. The summed E-state index contributed by atoms with van der Waals surface area (Å²) in [5.41, 5.74) is 0.871. The topological polar surface area (TPSA) is 113 Å². The fourth-order valence-electron chi connectivity index (χ4n) is 3.69. The molecule has 1 atom stereocenters. The van der Waals surface area contributed by atoms with Crippen LogP contribution >= 0.6 is 0 Å². The minimum atomic E-state index is -0.277. The number of nitrogens with one attached hydrogen (secondary N) is 2. The zero-order valence-corrected chi connectivity index (χ0v) is 15.6. The summed E-state index contributed by atoms with van der Waals surface area (Å²) in [6.45, 7) is 1.05. The summed E-state index contributed by atoms with van der Waals surface area (Å²) in [6, 6.07) is 11.1. The number of nitrogens with zero attached hydrogens (tertiary/aromatic N) is 5. The molecule has 1 aliphatic rings. The third-order valence-corrected chi connectivity index (χ3v) is 5.05. The van der Waals surface area contributed by atoms with Crippen molar-refractivity contribution >= 4 is 22.6 Å². The Morgan fingerprint density at radius 1 is 1.24 bits per heavy atom. The van der Waals surface area contributed by atoms with Crippen molar-refractivity contribution in [1.82, 2.24) is 30.5 Å². The van der Waals surface area contributed by atoms with Crippen molar-refractivity contribution in [3.05, 3.63) is 54.8 Å². The Kier molecular flexibility index (Phi) is 4.39. The number of hydrogen-bond acceptors (Lipinski definition) is 7. The van der Waals surface area contributed by atoms with Crippen LogP contribution in [0.4, 0.5) is 5.82 Å². The van der Waals surface area contributed by atoms with Crippen molar-refractivity contribution in [2.45, 2.75) is 25.4 Å². The normalized spacial score (nSPS) is 16.4. The number of hydrogen-bond donors (Lipinski definition) is 2. The molecule has 1 aromatic carbocycles. The Hall–Kier alpha value is -3.75. The Bertz CT molecular complexity index is 1130. The van der Waals surface area contributed by atoms with Crippen LogP contribution in [-0.4, -0.2) is 43.6 Å². The highest BCUT2D eigenvalue weighted by Gasteiger charge is 2.32. The van der Waals surface area contributed by atoms with Gasteiger partial charge in [-0.05, 0) is 37.1 Å². The van der Waals surface area contributed by atoms with Gasteiger partial charge < -0.3 is 14.6 Å². The van der Waals surface area contributed by atoms with Crippen molar-refractivity contribution < 1.29 is 9.21 Å². The number of carbonyl (C=O) groups is 1. The molecule has 9 heteroatoms. The van der Waals surface area contributed by atoms with Gasteiger partial charge in [0, 0.05) is 11.9 Å². The molecule has 1 unspecified atom stereocenters. The average Bonchev–Trinajstić information content (AvgIpc) is 3.52. The number of benzene rings is 1. The molecule has 1 aliphatic heterocycles. The zero-order chi connectivity index (χ0) is 19.6. The molecule has 1 saturated heterocycles. The highest BCUT2D eigenvalue weighted by molar-refractivity contribution is 5.93. The van der Waals surface area contributed by atoms with Crippen LogP contribution in [0.2, 0.25) is 0 Å². The highest BCUT2D eigenvalue weighted by Crippen LogP contribution is 2.29. The SMILES string of the molecule is O=C(NCc1nc(-c2ccco2)n[nH]1)C1CCCN1c1ncnc2ccccc12. The first-order valence-corrected chi connectivity index (χ1v) is 9.49. The second-order valence-electron chi connectivity index (χ2n) is 6.87. The molecule has 4 heterocycles. The molecule has 0 bridgehead atoms. The predicted molar refractivity (Wildman–Crippen MR) is 106 cm³/mol. The van der Waals surface area contributed by atoms with Gasteiger partial charge >= 0.3 is 0 Å². The second kappa shape index (κ2) is 7.34. The molecule has 9 nitrogen and oxygen atoms in total. The molecule has 0 aliphatic carbocycles. The van der Waals surface area contributed by atoms with E-state index in [9.17, 15) is 4.79 Å². The van der Waals surface area contributed by atoms with E-state index < -0.39 is 0 Å². The second-order valence-corrected chi connectivity index (χ2v) is 6.87. The molecule has 5 rings (SSSR count). The largest absolute Gasteiger partial charge is 0.461 e. The lowest BCUT2D eigenvalue weighted by atomic mass is 10.2. The van der Waals surface area contributed by atoms with E-state index in [0.29, 0.717) is 17.4 Å². The van der Waals surface area contributed by atoms with Gasteiger partial charge in [-0.2, -0.15) is 0 Å². The molecule has 146 valence electrons. The lowest BCUT2D eigenvalue weighted by Crippen LogP contribution is -2.43. The Morgan fingerprint density at radius 3 is 3.07 bits per heavy atom. The summed E-state index contributed by atoms with van der Waals surface area (Å²) >= 11 is 0. The third-order valence-electron chi connectivity index (χ3n) is 5.05. The highest BCUT2D eigenvalue weighted by atomic mass is 16.3. The number of rotatable bonds is 5. The van der Waals surface area contributed by atoms with Crippen molar-refractivity contribution in [2.75, 3.05) is 11.4 Å². The van der Waals surface area contributed by atoms with Crippen molar-refractivity contribution in [3.8, 4) is 11.6 Å². The van der Waals surface area contributed by atoms with E-state index in [1.807, 2.05) is 24.3 Å². The van der Waals surface area contributed by atoms with Gasteiger partial charge in [0.05, 0.1) is 18.3 Å². The first-order valence-electron chi connectivity index (χ1n) is 9.49. The quantitative estimate of drug-likeness (QED) is 0.538. The van der Waals surface area contributed by atoms with Crippen LogP contribution in [0.15, 0.2) is 53.4 Å². The maximum atomic E-state index is 12.9. The summed E-state index contributed by atoms with van der Waals surface area (Å²) < 4.78 is 5.29. The van der Waals surface area contributed by atoms with Crippen LogP contribution in [0, 0.1) is 0 Å². The molecule has 0 radical (unpaired) electrons. The minimum Gasteiger partial charge on any atom is -0.461 e. The first kappa shape index (κ1) is 17.4. The number of aromatic amines is 1. The van der Waals surface area contributed by atoms with Crippen LogP contribution in [0.5, 0.6) is 0 Å². The summed E-state index contributed by atoms with van der Waals surface area (Å²) in [7, 11) is 0. The Morgan fingerprint density at radius 2 is 2.17 bits per heavy atom. The maximum Gasteiger partial charge on any atom is 0.243 e. The van der Waals surface area contributed by atoms with Gasteiger partial charge in [-0.25, -0.2) is 15.0 Å². The maximum absolute atomic E-state index is 12.9. The molecule has 2 N–H and O–H groups in total. The summed E-state index contributed by atoms with van der Waals surface area (Å²) in [5.74, 6) is 2.36. The lowest BCUT2D eigenvalue weighted by molar-refractivity contribution is -0.122. The summed E-state index contributed by atoms with van der Waals surface area (Å²) in [4.78, 5) is 28.1. The standard InChI is InChI=1S/C20H19N7O2/c28-20(21-11-17-24-18(26-25-17)16-8-4-10-29-16)15-7-3-9-27(15)19-13-5-1-2-6-14(13)22-12-23-19/h1-2,4-6,8,10,12,15H,3,7,9,11H2,(H,21,28)(H,24,25,26). The van der Waals surface area contributed by atoms with Crippen molar-refractivity contribution in [1.29, 1.82) is 0 Å². The third kappa shape index (κ3) is 3.31. The predicted octanol–water partition coefficient (Wildman–Crippen LogP) is 2.29. The molecule has 1 amide bonds. The Balaban J connectivity index is 1.30. The van der Waals surface area contributed by atoms with E-state index in [-0.39, 0.29) is 18.5 Å². The van der Waals surface area contributed by atoms with E-state index in [4.69, 9.17) is 4.42 Å². The van der Waals surface area contributed by atoms with Crippen molar-refractivity contribution in [3.63, 3.8) is 0 Å². The minimum absolute atomic E-state index is 0.0545. The number of furan rings is 1. The smallest absolute Gasteiger partial charge is 0.243 e. The lowest BCUT2D eigenvalue weighted by Gasteiger charge is -2.25. The first-order chi connectivity index (χ1) is 14.3. The molecule has 4 aromatic rings. The van der Waals surface area contributed by atoms with Crippen molar-refractivity contribution in [2.24, 2.45) is 0 Å². The summed E-state index contributed by atoms with van der Waals surface area (Å²) in [5, 5.41) is 10.9. The molecular weight excluding hydrogens is 370 g/mol. The molecule has 0 spiro atoms. The van der Waals surface area contributed by atoms with E-state index in [1.165, 1.54) is 0 Å². The van der Waals surface area contributed by atoms with Crippen LogP contribution < -0.4 is 10.2 Å².